The van der Waals surface area contributed by atoms with E-state index in [1.165, 1.54) is 0 Å². The summed E-state index contributed by atoms with van der Waals surface area (Å²) in [5, 5.41) is 0. The number of nitrogens with one attached hydrogen (secondary N) is 1. The molecule has 0 bridgehead atoms. The number of carbonyl (C=O) groups excluding carboxylic acids is 1. The number of Topliss-reactive ketones (excluding diaryl/α,β-unsaturated/α-hetero) is 1. The van der Waals surface area contributed by atoms with Gasteiger partial charge in [0.05, 0.1) is 10.9 Å². The highest BCUT2D eigenvalue weighted by atomic mass is 32.2. The maximum atomic E-state index is 12.8. The second kappa shape index (κ2) is 7.50. The molecule has 0 aromatic heterocycles. The molecule has 134 valence electrons. The Bertz CT molecular complexity index is 819. The number of hydrogen-bond acceptors (Lipinski definition) is 3. The second-order valence-corrected chi connectivity index (χ2v) is 9.00. The van der Waals surface area contributed by atoms with Gasteiger partial charge in [-0.3, -0.25) is 4.79 Å². The predicted molar refractivity (Wildman–Crippen MR) is 99.9 cm³/mol. The lowest BCUT2D eigenvalue weighted by Crippen LogP contribution is -2.46. The SMILES string of the molecule is Cc1ccc(S(=O)(=O)NC(Cc2ccccc2)C(=O)C(C)(C)C)cc1. The van der Waals surface area contributed by atoms with E-state index in [2.05, 4.69) is 4.72 Å². The van der Waals surface area contributed by atoms with E-state index in [-0.39, 0.29) is 10.7 Å². The number of ketones is 1. The molecule has 4 nitrogen and oxygen atoms in total. The molecule has 0 fully saturated rings. The van der Waals surface area contributed by atoms with Crippen LogP contribution >= 0.6 is 0 Å². The minimum absolute atomic E-state index is 0.132. The van der Waals surface area contributed by atoms with Crippen LogP contribution in [0.1, 0.15) is 31.9 Å². The smallest absolute Gasteiger partial charge is 0.241 e. The lowest BCUT2D eigenvalue weighted by molar-refractivity contribution is -0.128. The van der Waals surface area contributed by atoms with Crippen LogP contribution in [0.25, 0.3) is 0 Å². The molecule has 0 aliphatic rings. The standard InChI is InChI=1S/C20H25NO3S/c1-15-10-12-17(13-11-15)25(23,24)21-18(19(22)20(2,3)4)14-16-8-6-5-7-9-16/h5-13,18,21H,14H2,1-4H3. The molecule has 1 N–H and O–H groups in total. The lowest BCUT2D eigenvalue weighted by Gasteiger charge is -2.25. The lowest BCUT2D eigenvalue weighted by atomic mass is 9.85. The molecule has 0 aliphatic heterocycles. The highest BCUT2D eigenvalue weighted by Gasteiger charge is 2.33. The Morgan fingerprint density at radius 3 is 2.08 bits per heavy atom. The van der Waals surface area contributed by atoms with Crippen LogP contribution in [0.3, 0.4) is 0 Å². The van der Waals surface area contributed by atoms with Crippen molar-refractivity contribution in [3.63, 3.8) is 0 Å². The van der Waals surface area contributed by atoms with Crippen molar-refractivity contribution in [2.45, 2.75) is 45.1 Å². The monoisotopic (exact) mass is 359 g/mol. The third kappa shape index (κ3) is 5.25. The number of aryl methyl sites for hydroxylation is 1. The first-order valence-corrected chi connectivity index (χ1v) is 9.75. The van der Waals surface area contributed by atoms with E-state index in [1.807, 2.05) is 37.3 Å². The number of hydrogen-bond donors (Lipinski definition) is 1. The Morgan fingerprint density at radius 2 is 1.56 bits per heavy atom. The molecular weight excluding hydrogens is 334 g/mol. The van der Waals surface area contributed by atoms with Crippen LogP contribution in [-0.2, 0) is 21.2 Å². The Balaban J connectivity index is 2.32. The summed E-state index contributed by atoms with van der Waals surface area (Å²) in [5.74, 6) is -0.132. The molecule has 5 heteroatoms. The summed E-state index contributed by atoms with van der Waals surface area (Å²) in [7, 11) is -3.77. The molecule has 25 heavy (non-hydrogen) atoms. The Hall–Kier alpha value is -1.98. The molecule has 0 amide bonds. The van der Waals surface area contributed by atoms with E-state index < -0.39 is 21.5 Å². The highest BCUT2D eigenvalue weighted by Crippen LogP contribution is 2.21. The summed E-state index contributed by atoms with van der Waals surface area (Å²) in [5.41, 5.74) is 1.25. The molecule has 1 atom stereocenters. The third-order valence-corrected chi connectivity index (χ3v) is 5.45. The fraction of sp³-hybridized carbons (Fsp3) is 0.350. The van der Waals surface area contributed by atoms with E-state index in [4.69, 9.17) is 0 Å². The zero-order chi connectivity index (χ0) is 18.7. The molecule has 0 radical (unpaired) electrons. The van der Waals surface area contributed by atoms with Gasteiger partial charge in [0.2, 0.25) is 10.0 Å². The van der Waals surface area contributed by atoms with Crippen LogP contribution in [0.5, 0.6) is 0 Å². The normalized spacial score (nSPS) is 13.4. The average molecular weight is 359 g/mol. The van der Waals surface area contributed by atoms with Crippen molar-refractivity contribution in [3.8, 4) is 0 Å². The van der Waals surface area contributed by atoms with Crippen LogP contribution in [-0.4, -0.2) is 20.2 Å². The number of rotatable bonds is 6. The molecule has 0 aliphatic carbocycles. The fourth-order valence-electron chi connectivity index (χ4n) is 2.53. The summed E-state index contributed by atoms with van der Waals surface area (Å²) >= 11 is 0. The zero-order valence-corrected chi connectivity index (χ0v) is 15.9. The van der Waals surface area contributed by atoms with Gasteiger partial charge in [0.25, 0.3) is 0 Å². The first-order chi connectivity index (χ1) is 11.6. The van der Waals surface area contributed by atoms with Crippen LogP contribution in [0, 0.1) is 12.3 Å². The van der Waals surface area contributed by atoms with Gasteiger partial charge in [0.1, 0.15) is 0 Å². The van der Waals surface area contributed by atoms with Gasteiger partial charge < -0.3 is 0 Å². The molecule has 0 saturated carbocycles. The second-order valence-electron chi connectivity index (χ2n) is 7.29. The predicted octanol–water partition coefficient (Wildman–Crippen LogP) is 3.50. The van der Waals surface area contributed by atoms with Crippen LogP contribution in [0.2, 0.25) is 0 Å². The Morgan fingerprint density at radius 1 is 1.00 bits per heavy atom. The van der Waals surface area contributed by atoms with Gasteiger partial charge in [-0.2, -0.15) is 0 Å². The molecule has 2 aromatic carbocycles. The van der Waals surface area contributed by atoms with Crippen molar-refractivity contribution in [1.29, 1.82) is 0 Å². The van der Waals surface area contributed by atoms with Crippen molar-refractivity contribution >= 4 is 15.8 Å². The molecule has 2 rings (SSSR count). The van der Waals surface area contributed by atoms with Crippen molar-refractivity contribution in [1.82, 2.24) is 4.72 Å². The van der Waals surface area contributed by atoms with Crippen LogP contribution in [0.15, 0.2) is 59.5 Å². The molecular formula is C20H25NO3S. The Kier molecular flexibility index (Phi) is 5.80. The first kappa shape index (κ1) is 19.3. The van der Waals surface area contributed by atoms with E-state index in [9.17, 15) is 13.2 Å². The van der Waals surface area contributed by atoms with Crippen LogP contribution in [0.4, 0.5) is 0 Å². The number of sulfonamides is 1. The summed E-state index contributed by atoms with van der Waals surface area (Å²) < 4.78 is 28.0. The quantitative estimate of drug-likeness (QED) is 0.858. The molecule has 0 heterocycles. The van der Waals surface area contributed by atoms with Gasteiger partial charge in [-0.05, 0) is 31.0 Å². The number of benzene rings is 2. The van der Waals surface area contributed by atoms with Crippen molar-refractivity contribution in [3.05, 3.63) is 65.7 Å². The van der Waals surface area contributed by atoms with Crippen LogP contribution < -0.4 is 4.72 Å². The molecule has 1 unspecified atom stereocenters. The minimum atomic E-state index is -3.77. The summed E-state index contributed by atoms with van der Waals surface area (Å²) in [4.78, 5) is 13.0. The largest absolute Gasteiger partial charge is 0.297 e. The number of carbonyl (C=O) groups is 1. The minimum Gasteiger partial charge on any atom is -0.297 e. The van der Waals surface area contributed by atoms with Crippen molar-refractivity contribution < 1.29 is 13.2 Å². The van der Waals surface area contributed by atoms with E-state index in [0.717, 1.165) is 11.1 Å². The summed E-state index contributed by atoms with van der Waals surface area (Å²) in [6.45, 7) is 7.29. The van der Waals surface area contributed by atoms with Gasteiger partial charge in [-0.15, -0.1) is 0 Å². The third-order valence-electron chi connectivity index (χ3n) is 3.97. The van der Waals surface area contributed by atoms with E-state index >= 15 is 0 Å². The maximum absolute atomic E-state index is 12.8. The maximum Gasteiger partial charge on any atom is 0.241 e. The van der Waals surface area contributed by atoms with Crippen molar-refractivity contribution in [2.24, 2.45) is 5.41 Å². The summed E-state index contributed by atoms with van der Waals surface area (Å²) in [6.07, 6.45) is 0.321. The fourth-order valence-corrected chi connectivity index (χ4v) is 3.73. The Labute approximate surface area is 150 Å². The van der Waals surface area contributed by atoms with Gasteiger partial charge in [-0.25, -0.2) is 13.1 Å². The van der Waals surface area contributed by atoms with Gasteiger partial charge in [0, 0.05) is 5.41 Å². The van der Waals surface area contributed by atoms with E-state index in [1.54, 1.807) is 45.0 Å². The summed E-state index contributed by atoms with van der Waals surface area (Å²) in [6, 6.07) is 15.2. The van der Waals surface area contributed by atoms with Gasteiger partial charge in [-0.1, -0.05) is 68.8 Å². The average Bonchev–Trinajstić information content (AvgIpc) is 2.54. The zero-order valence-electron chi connectivity index (χ0n) is 15.1. The molecule has 0 saturated heterocycles. The molecule has 2 aromatic rings. The molecule has 0 spiro atoms. The van der Waals surface area contributed by atoms with Crippen molar-refractivity contribution in [2.75, 3.05) is 0 Å². The van der Waals surface area contributed by atoms with Gasteiger partial charge >= 0.3 is 0 Å². The van der Waals surface area contributed by atoms with Gasteiger partial charge in [0.15, 0.2) is 5.78 Å². The topological polar surface area (TPSA) is 63.2 Å². The van der Waals surface area contributed by atoms with E-state index in [0.29, 0.717) is 6.42 Å². The first-order valence-electron chi connectivity index (χ1n) is 8.27. The highest BCUT2D eigenvalue weighted by molar-refractivity contribution is 7.89.